The monoisotopic (exact) mass is 368 g/mol. The van der Waals surface area contributed by atoms with E-state index in [0.717, 1.165) is 16.9 Å². The lowest BCUT2D eigenvalue weighted by Crippen LogP contribution is -2.45. The molecule has 1 aromatic heterocycles. The lowest BCUT2D eigenvalue weighted by Gasteiger charge is -2.34. The third kappa shape index (κ3) is 3.03. The summed E-state index contributed by atoms with van der Waals surface area (Å²) in [6.45, 7) is 2.20. The van der Waals surface area contributed by atoms with Gasteiger partial charge in [0, 0.05) is 33.2 Å². The number of anilines is 1. The van der Waals surface area contributed by atoms with Gasteiger partial charge in [-0.25, -0.2) is 13.6 Å². The number of carbonyl (C=O) groups is 1. The quantitative estimate of drug-likeness (QED) is 0.789. The van der Waals surface area contributed by atoms with Gasteiger partial charge in [-0.3, -0.25) is 9.47 Å². The van der Waals surface area contributed by atoms with E-state index in [1.54, 1.807) is 4.90 Å². The van der Waals surface area contributed by atoms with E-state index >= 15 is 4.39 Å². The fourth-order valence-electron chi connectivity index (χ4n) is 3.04. The Hall–Kier alpha value is -2.88. The van der Waals surface area contributed by atoms with E-state index in [0.29, 0.717) is 26.2 Å². The molecule has 0 radical (unpaired) electrons. The van der Waals surface area contributed by atoms with E-state index in [-0.39, 0.29) is 16.6 Å². The molecule has 1 saturated heterocycles. The summed E-state index contributed by atoms with van der Waals surface area (Å²) in [5, 5.41) is 8.41. The number of carboxylic acid groups (broad SMARTS) is 1. The van der Waals surface area contributed by atoms with Crippen LogP contribution >= 0.6 is 0 Å². The SMILES string of the molecule is CNn1cc(OC(=O)O)c(=O)c2cc(F)c(N3CCN(C)CC3)c(F)c21. The molecule has 0 saturated carbocycles. The zero-order chi connectivity index (χ0) is 19.0. The molecule has 10 heteroatoms. The first-order chi connectivity index (χ1) is 12.3. The van der Waals surface area contributed by atoms with Crippen LogP contribution in [0.15, 0.2) is 17.1 Å². The van der Waals surface area contributed by atoms with Crippen molar-refractivity contribution >= 4 is 22.7 Å². The van der Waals surface area contributed by atoms with E-state index in [9.17, 15) is 14.0 Å². The van der Waals surface area contributed by atoms with E-state index < -0.39 is 29.0 Å². The fourth-order valence-corrected chi connectivity index (χ4v) is 3.04. The lowest BCUT2D eigenvalue weighted by atomic mass is 10.1. The molecular weight excluding hydrogens is 350 g/mol. The van der Waals surface area contributed by atoms with E-state index in [1.165, 1.54) is 7.05 Å². The number of nitrogens with zero attached hydrogens (tertiary/aromatic N) is 3. The zero-order valence-corrected chi connectivity index (χ0v) is 14.3. The maximum absolute atomic E-state index is 15.2. The normalized spacial score (nSPS) is 15.3. The van der Waals surface area contributed by atoms with Crippen LogP contribution in [0.4, 0.5) is 19.3 Å². The number of ether oxygens (including phenoxy) is 1. The van der Waals surface area contributed by atoms with Crippen LogP contribution in [0.5, 0.6) is 5.75 Å². The topological polar surface area (TPSA) is 87.0 Å². The van der Waals surface area contributed by atoms with Crippen molar-refractivity contribution in [2.45, 2.75) is 0 Å². The first kappa shape index (κ1) is 17.9. The van der Waals surface area contributed by atoms with Crippen LogP contribution in [0.3, 0.4) is 0 Å². The summed E-state index contributed by atoms with van der Waals surface area (Å²) in [7, 11) is 3.37. The Morgan fingerprint density at radius 2 is 1.92 bits per heavy atom. The summed E-state index contributed by atoms with van der Waals surface area (Å²) in [4.78, 5) is 26.8. The Kier molecular flexibility index (Phi) is 4.68. The maximum atomic E-state index is 15.2. The molecule has 2 N–H and O–H groups in total. The van der Waals surface area contributed by atoms with Crippen molar-refractivity contribution < 1.29 is 23.4 Å². The summed E-state index contributed by atoms with van der Waals surface area (Å²) < 4.78 is 35.3. The Morgan fingerprint density at radius 1 is 1.27 bits per heavy atom. The number of halogens is 2. The number of aromatic nitrogens is 1. The molecule has 1 aromatic carbocycles. The second-order valence-electron chi connectivity index (χ2n) is 5.99. The van der Waals surface area contributed by atoms with Gasteiger partial charge in [0.05, 0.1) is 11.6 Å². The Labute approximate surface area is 147 Å². The van der Waals surface area contributed by atoms with Gasteiger partial charge in [-0.15, -0.1) is 0 Å². The number of piperazine rings is 1. The van der Waals surface area contributed by atoms with Crippen molar-refractivity contribution in [3.05, 3.63) is 34.1 Å². The Balaban J connectivity index is 2.22. The van der Waals surface area contributed by atoms with E-state index in [4.69, 9.17) is 5.11 Å². The molecule has 0 atom stereocenters. The van der Waals surface area contributed by atoms with Crippen molar-refractivity contribution in [3.8, 4) is 5.75 Å². The summed E-state index contributed by atoms with van der Waals surface area (Å²) in [5.41, 5.74) is 1.34. The standard InChI is InChI=1S/C16H18F2N4O4/c1-19-22-8-11(26-16(24)25)15(23)9-7-10(17)14(12(18)13(9)22)21-5-3-20(2)4-6-21/h7-8,19H,3-6H2,1-2H3,(H,24,25). The molecule has 8 nitrogen and oxygen atoms in total. The number of benzene rings is 1. The molecular formula is C16H18F2N4O4. The van der Waals surface area contributed by atoms with Crippen LogP contribution in [0, 0.1) is 11.6 Å². The molecule has 26 heavy (non-hydrogen) atoms. The Bertz CT molecular complexity index is 923. The number of hydrogen-bond donors (Lipinski definition) is 2. The highest BCUT2D eigenvalue weighted by molar-refractivity contribution is 5.86. The number of fused-ring (bicyclic) bond motifs is 1. The molecule has 3 rings (SSSR count). The second kappa shape index (κ2) is 6.79. The number of rotatable bonds is 3. The molecule has 2 aromatic rings. The third-order valence-electron chi connectivity index (χ3n) is 4.38. The minimum atomic E-state index is -1.70. The van der Waals surface area contributed by atoms with Gasteiger partial charge in [-0.05, 0) is 13.1 Å². The van der Waals surface area contributed by atoms with Gasteiger partial charge in [0.15, 0.2) is 5.82 Å². The summed E-state index contributed by atoms with van der Waals surface area (Å²) in [6.07, 6.45) is -0.674. The molecule has 0 unspecified atom stereocenters. The lowest BCUT2D eigenvalue weighted by molar-refractivity contribution is 0.144. The molecule has 0 amide bonds. The number of nitrogens with one attached hydrogen (secondary N) is 1. The van der Waals surface area contributed by atoms with Crippen molar-refractivity contribution in [3.63, 3.8) is 0 Å². The molecule has 0 spiro atoms. The highest BCUT2D eigenvalue weighted by Gasteiger charge is 2.26. The van der Waals surface area contributed by atoms with Gasteiger partial charge in [-0.2, -0.15) is 0 Å². The average Bonchev–Trinajstić information content (AvgIpc) is 2.58. The van der Waals surface area contributed by atoms with Gasteiger partial charge in [0.25, 0.3) is 0 Å². The molecule has 1 aliphatic heterocycles. The van der Waals surface area contributed by atoms with Crippen molar-refractivity contribution in [2.75, 3.05) is 50.6 Å². The van der Waals surface area contributed by atoms with E-state index in [2.05, 4.69) is 10.2 Å². The average molecular weight is 368 g/mol. The molecule has 2 heterocycles. The number of likely N-dealkylation sites (N-methyl/N-ethyl adjacent to an activating group) is 1. The molecule has 1 aliphatic rings. The number of hydrogen-bond acceptors (Lipinski definition) is 6. The van der Waals surface area contributed by atoms with Gasteiger partial charge in [0.2, 0.25) is 11.2 Å². The highest BCUT2D eigenvalue weighted by Crippen LogP contribution is 2.31. The van der Waals surface area contributed by atoms with Gasteiger partial charge in [-0.1, -0.05) is 0 Å². The Morgan fingerprint density at radius 3 is 2.50 bits per heavy atom. The van der Waals surface area contributed by atoms with Crippen LogP contribution in [0.25, 0.3) is 10.9 Å². The van der Waals surface area contributed by atoms with Gasteiger partial charge >= 0.3 is 6.16 Å². The molecule has 140 valence electrons. The molecule has 0 bridgehead atoms. The van der Waals surface area contributed by atoms with Crippen molar-refractivity contribution in [1.29, 1.82) is 0 Å². The first-order valence-electron chi connectivity index (χ1n) is 7.93. The smallest absolute Gasteiger partial charge is 0.449 e. The second-order valence-corrected chi connectivity index (χ2v) is 5.99. The maximum Gasteiger partial charge on any atom is 0.511 e. The van der Waals surface area contributed by atoms with Gasteiger partial charge < -0.3 is 25.1 Å². The summed E-state index contributed by atoms with van der Waals surface area (Å²) in [5.74, 6) is -2.32. The van der Waals surface area contributed by atoms with Crippen LogP contribution in [-0.4, -0.2) is 61.1 Å². The first-order valence-corrected chi connectivity index (χ1v) is 7.93. The predicted octanol–water partition coefficient (Wildman–Crippen LogP) is 1.26. The van der Waals surface area contributed by atoms with Crippen molar-refractivity contribution in [2.24, 2.45) is 0 Å². The van der Waals surface area contributed by atoms with E-state index in [1.807, 2.05) is 11.9 Å². The minimum absolute atomic E-state index is 0.175. The molecule has 0 aliphatic carbocycles. The van der Waals surface area contributed by atoms with Crippen LogP contribution in [0.2, 0.25) is 0 Å². The van der Waals surface area contributed by atoms with Crippen molar-refractivity contribution in [1.82, 2.24) is 9.58 Å². The van der Waals surface area contributed by atoms with Crippen LogP contribution in [-0.2, 0) is 0 Å². The van der Waals surface area contributed by atoms with Crippen LogP contribution < -0.4 is 20.5 Å². The third-order valence-corrected chi connectivity index (χ3v) is 4.38. The van der Waals surface area contributed by atoms with Gasteiger partial charge in [0.1, 0.15) is 17.0 Å². The van der Waals surface area contributed by atoms with Crippen LogP contribution in [0.1, 0.15) is 0 Å². The summed E-state index contributed by atoms with van der Waals surface area (Å²) >= 11 is 0. The number of pyridine rings is 1. The fraction of sp³-hybridized carbons (Fsp3) is 0.375. The predicted molar refractivity (Wildman–Crippen MR) is 91.8 cm³/mol. The summed E-state index contributed by atoms with van der Waals surface area (Å²) in [6, 6.07) is 0.914. The zero-order valence-electron chi connectivity index (χ0n) is 14.3. The minimum Gasteiger partial charge on any atom is -0.449 e. The highest BCUT2D eigenvalue weighted by atomic mass is 19.1. The largest absolute Gasteiger partial charge is 0.511 e. The molecule has 1 fully saturated rings.